The molecule has 0 saturated heterocycles. The van der Waals surface area contributed by atoms with Crippen LogP contribution in [0.2, 0.25) is 0 Å². The second-order valence-corrected chi connectivity index (χ2v) is 4.77. The molecular formula is C10H17N3. The summed E-state index contributed by atoms with van der Waals surface area (Å²) >= 11 is 0. The summed E-state index contributed by atoms with van der Waals surface area (Å²) in [5.74, 6) is 0. The maximum atomic E-state index is 4.19. The van der Waals surface area contributed by atoms with Crippen molar-refractivity contribution in [3.05, 3.63) is 11.4 Å². The molecule has 0 aliphatic heterocycles. The predicted octanol–water partition coefficient (Wildman–Crippen LogP) is 1.72. The molecule has 0 amide bonds. The summed E-state index contributed by atoms with van der Waals surface area (Å²) in [5, 5.41) is 8.25. The highest BCUT2D eigenvalue weighted by molar-refractivity contribution is 5.13. The number of fused-ring (bicyclic) bond motifs is 1. The third kappa shape index (κ3) is 1.60. The van der Waals surface area contributed by atoms with Gasteiger partial charge in [0, 0.05) is 7.05 Å². The first-order valence-corrected chi connectivity index (χ1v) is 4.96. The van der Waals surface area contributed by atoms with Gasteiger partial charge in [0.05, 0.1) is 11.4 Å². The fraction of sp³-hybridized carbons (Fsp3) is 0.800. The fourth-order valence-corrected chi connectivity index (χ4v) is 1.96. The van der Waals surface area contributed by atoms with E-state index in [1.54, 1.807) is 0 Å². The molecule has 0 bridgehead atoms. The van der Waals surface area contributed by atoms with E-state index in [1.807, 2.05) is 11.7 Å². The third-order valence-electron chi connectivity index (χ3n) is 3.10. The van der Waals surface area contributed by atoms with Crippen molar-refractivity contribution in [1.29, 1.82) is 0 Å². The summed E-state index contributed by atoms with van der Waals surface area (Å²) in [6.45, 7) is 4.68. The molecule has 2 rings (SSSR count). The summed E-state index contributed by atoms with van der Waals surface area (Å²) in [6, 6.07) is 0. The molecule has 0 spiro atoms. The molecule has 1 heterocycles. The van der Waals surface area contributed by atoms with Gasteiger partial charge in [0.25, 0.3) is 0 Å². The van der Waals surface area contributed by atoms with Crippen molar-refractivity contribution in [2.75, 3.05) is 0 Å². The second-order valence-electron chi connectivity index (χ2n) is 4.77. The Bertz CT molecular complexity index is 312. The average molecular weight is 179 g/mol. The number of hydrogen-bond donors (Lipinski definition) is 0. The molecule has 0 unspecified atom stereocenters. The van der Waals surface area contributed by atoms with Crippen molar-refractivity contribution in [3.63, 3.8) is 0 Å². The molecular weight excluding hydrogens is 162 g/mol. The maximum absolute atomic E-state index is 4.19. The molecule has 1 aromatic rings. The van der Waals surface area contributed by atoms with Crippen LogP contribution in [0, 0.1) is 5.41 Å². The minimum Gasteiger partial charge on any atom is -0.252 e. The lowest BCUT2D eigenvalue weighted by Crippen LogP contribution is -2.11. The summed E-state index contributed by atoms with van der Waals surface area (Å²) in [4.78, 5) is 0. The predicted molar refractivity (Wildman–Crippen MR) is 51.4 cm³/mol. The lowest BCUT2D eigenvalue weighted by atomic mass is 9.85. The summed E-state index contributed by atoms with van der Waals surface area (Å²) in [5.41, 5.74) is 3.03. The normalized spacial score (nSPS) is 20.8. The van der Waals surface area contributed by atoms with Gasteiger partial charge in [-0.05, 0) is 31.1 Å². The molecule has 1 aliphatic rings. The first-order valence-electron chi connectivity index (χ1n) is 4.96. The van der Waals surface area contributed by atoms with Crippen LogP contribution in [0.5, 0.6) is 0 Å². The van der Waals surface area contributed by atoms with Crippen molar-refractivity contribution >= 4 is 0 Å². The van der Waals surface area contributed by atoms with Gasteiger partial charge < -0.3 is 0 Å². The van der Waals surface area contributed by atoms with Crippen LogP contribution in [0.15, 0.2) is 0 Å². The molecule has 0 fully saturated rings. The first kappa shape index (κ1) is 8.73. The van der Waals surface area contributed by atoms with Crippen molar-refractivity contribution in [2.45, 2.75) is 39.5 Å². The molecule has 0 N–H and O–H groups in total. The molecule has 1 aromatic heterocycles. The molecule has 3 heteroatoms. The summed E-state index contributed by atoms with van der Waals surface area (Å²) in [6.07, 6.45) is 4.71. The zero-order chi connectivity index (χ0) is 9.47. The van der Waals surface area contributed by atoms with Gasteiger partial charge in [-0.1, -0.05) is 19.1 Å². The fourth-order valence-electron chi connectivity index (χ4n) is 1.96. The summed E-state index contributed by atoms with van der Waals surface area (Å²) in [7, 11) is 1.99. The van der Waals surface area contributed by atoms with Crippen LogP contribution in [0.1, 0.15) is 38.1 Å². The van der Waals surface area contributed by atoms with Gasteiger partial charge in [-0.15, -0.1) is 5.10 Å². The van der Waals surface area contributed by atoms with Crippen LogP contribution in [0.25, 0.3) is 0 Å². The van der Waals surface area contributed by atoms with Crippen LogP contribution >= 0.6 is 0 Å². The van der Waals surface area contributed by atoms with Crippen LogP contribution in [0.4, 0.5) is 0 Å². The topological polar surface area (TPSA) is 30.7 Å². The van der Waals surface area contributed by atoms with Gasteiger partial charge in [0.2, 0.25) is 0 Å². The molecule has 72 valence electrons. The van der Waals surface area contributed by atoms with Gasteiger partial charge >= 0.3 is 0 Å². The monoisotopic (exact) mass is 179 g/mol. The van der Waals surface area contributed by atoms with Crippen LogP contribution in [-0.4, -0.2) is 15.0 Å². The molecule has 0 aromatic carbocycles. The first-order chi connectivity index (χ1) is 6.08. The van der Waals surface area contributed by atoms with E-state index in [1.165, 1.54) is 24.2 Å². The van der Waals surface area contributed by atoms with E-state index < -0.39 is 0 Å². The van der Waals surface area contributed by atoms with E-state index in [0.717, 1.165) is 12.8 Å². The van der Waals surface area contributed by atoms with Crippen LogP contribution in [0.3, 0.4) is 0 Å². The molecule has 3 nitrogen and oxygen atoms in total. The van der Waals surface area contributed by atoms with Gasteiger partial charge in [-0.2, -0.15) is 0 Å². The van der Waals surface area contributed by atoms with E-state index in [0.29, 0.717) is 5.41 Å². The Morgan fingerprint density at radius 3 is 2.69 bits per heavy atom. The Hall–Kier alpha value is -0.860. The third-order valence-corrected chi connectivity index (χ3v) is 3.10. The maximum Gasteiger partial charge on any atom is 0.0859 e. The largest absolute Gasteiger partial charge is 0.252 e. The highest BCUT2D eigenvalue weighted by Gasteiger charge is 2.24. The summed E-state index contributed by atoms with van der Waals surface area (Å²) < 4.78 is 1.93. The number of aromatic nitrogens is 3. The zero-order valence-corrected chi connectivity index (χ0v) is 8.67. The number of rotatable bonds is 0. The Kier molecular flexibility index (Phi) is 1.90. The lowest BCUT2D eigenvalue weighted by Gasteiger charge is -2.21. The SMILES string of the molecule is Cn1nnc2c1CCC(C)(C)CC2. The highest BCUT2D eigenvalue weighted by atomic mass is 15.4. The Morgan fingerprint density at radius 2 is 1.92 bits per heavy atom. The van der Waals surface area contributed by atoms with Gasteiger partial charge in [0.1, 0.15) is 0 Å². The zero-order valence-electron chi connectivity index (χ0n) is 8.67. The standard InChI is InChI=1S/C10H17N3/c1-10(2)6-4-8-9(5-7-10)13(3)12-11-8/h4-7H2,1-3H3. The van der Waals surface area contributed by atoms with E-state index in [2.05, 4.69) is 24.2 Å². The second kappa shape index (κ2) is 2.82. The van der Waals surface area contributed by atoms with Gasteiger partial charge in [-0.3, -0.25) is 4.68 Å². The van der Waals surface area contributed by atoms with Crippen LogP contribution < -0.4 is 0 Å². The molecule has 13 heavy (non-hydrogen) atoms. The Labute approximate surface area is 79.1 Å². The van der Waals surface area contributed by atoms with Gasteiger partial charge in [0.15, 0.2) is 0 Å². The minimum atomic E-state index is 0.473. The van der Waals surface area contributed by atoms with E-state index in [9.17, 15) is 0 Å². The average Bonchev–Trinajstić information content (AvgIpc) is 2.32. The number of hydrogen-bond acceptors (Lipinski definition) is 2. The number of aryl methyl sites for hydroxylation is 2. The lowest BCUT2D eigenvalue weighted by molar-refractivity contribution is 0.314. The molecule has 0 saturated carbocycles. The van der Waals surface area contributed by atoms with Crippen molar-refractivity contribution in [1.82, 2.24) is 15.0 Å². The van der Waals surface area contributed by atoms with Crippen molar-refractivity contribution in [2.24, 2.45) is 12.5 Å². The Morgan fingerprint density at radius 1 is 1.23 bits per heavy atom. The van der Waals surface area contributed by atoms with E-state index in [4.69, 9.17) is 0 Å². The van der Waals surface area contributed by atoms with E-state index in [-0.39, 0.29) is 0 Å². The van der Waals surface area contributed by atoms with Crippen molar-refractivity contribution < 1.29 is 0 Å². The minimum absolute atomic E-state index is 0.473. The highest BCUT2D eigenvalue weighted by Crippen LogP contribution is 2.32. The quantitative estimate of drug-likeness (QED) is 0.568. The molecule has 0 radical (unpaired) electrons. The Balaban J connectivity index is 2.28. The molecule has 0 atom stereocenters. The van der Waals surface area contributed by atoms with Gasteiger partial charge in [-0.25, -0.2) is 0 Å². The smallest absolute Gasteiger partial charge is 0.0859 e. The van der Waals surface area contributed by atoms with Crippen molar-refractivity contribution in [3.8, 4) is 0 Å². The molecule has 1 aliphatic carbocycles. The number of nitrogens with zero attached hydrogens (tertiary/aromatic N) is 3. The van der Waals surface area contributed by atoms with E-state index >= 15 is 0 Å². The van der Waals surface area contributed by atoms with Crippen LogP contribution in [-0.2, 0) is 19.9 Å².